The van der Waals surface area contributed by atoms with Crippen LogP contribution >= 0.6 is 15.9 Å². The molecule has 1 fully saturated rings. The molecule has 0 amide bonds. The second-order valence-electron chi connectivity index (χ2n) is 4.95. The van der Waals surface area contributed by atoms with E-state index in [1.807, 2.05) is 0 Å². The third-order valence-corrected chi connectivity index (χ3v) is 4.39. The largest absolute Gasteiger partial charge is 0.481 e. The van der Waals surface area contributed by atoms with Gasteiger partial charge in [0.15, 0.2) is 0 Å². The number of nitrogens with zero attached hydrogens (tertiary/aromatic N) is 1. The van der Waals surface area contributed by atoms with Gasteiger partial charge in [-0.15, -0.1) is 0 Å². The molecular weight excluding hydrogens is 308 g/mol. The standard InChI is InChI=1S/C14H15BrN2O2/c15-11-7-10(8-16)3-4-12(11)17-9-14(13(18)19)5-1-2-6-14/h3-4,7,17H,1-2,5-6,9H2,(H,18,19). The van der Waals surface area contributed by atoms with Crippen LogP contribution in [0.2, 0.25) is 0 Å². The third-order valence-electron chi connectivity index (χ3n) is 3.73. The van der Waals surface area contributed by atoms with Crippen molar-refractivity contribution in [3.63, 3.8) is 0 Å². The molecule has 0 aliphatic heterocycles. The summed E-state index contributed by atoms with van der Waals surface area (Å²) in [5.74, 6) is -0.720. The molecule has 0 saturated heterocycles. The van der Waals surface area contributed by atoms with Crippen molar-refractivity contribution in [3.8, 4) is 6.07 Å². The van der Waals surface area contributed by atoms with Gasteiger partial charge in [0.1, 0.15) is 0 Å². The van der Waals surface area contributed by atoms with Crippen LogP contribution in [0.1, 0.15) is 31.2 Å². The smallest absolute Gasteiger partial charge is 0.311 e. The molecule has 0 aromatic heterocycles. The van der Waals surface area contributed by atoms with Crippen LogP contribution in [0.15, 0.2) is 22.7 Å². The molecule has 0 heterocycles. The van der Waals surface area contributed by atoms with E-state index < -0.39 is 11.4 Å². The maximum Gasteiger partial charge on any atom is 0.311 e. The Bertz CT molecular complexity index is 531. The number of aliphatic carboxylic acids is 1. The number of halogens is 1. The van der Waals surface area contributed by atoms with E-state index in [-0.39, 0.29) is 0 Å². The minimum absolute atomic E-state index is 0.423. The van der Waals surface area contributed by atoms with Gasteiger partial charge in [-0.3, -0.25) is 4.79 Å². The molecular formula is C14H15BrN2O2. The van der Waals surface area contributed by atoms with Crippen LogP contribution in [-0.2, 0) is 4.79 Å². The lowest BCUT2D eigenvalue weighted by Gasteiger charge is -2.25. The zero-order valence-electron chi connectivity index (χ0n) is 10.4. The topological polar surface area (TPSA) is 73.1 Å². The number of anilines is 1. The molecule has 19 heavy (non-hydrogen) atoms. The fraction of sp³-hybridized carbons (Fsp3) is 0.429. The summed E-state index contributed by atoms with van der Waals surface area (Å²) in [5, 5.41) is 21.4. The lowest BCUT2D eigenvalue weighted by Crippen LogP contribution is -2.35. The average molecular weight is 323 g/mol. The zero-order chi connectivity index (χ0) is 13.9. The van der Waals surface area contributed by atoms with Crippen molar-refractivity contribution in [2.75, 3.05) is 11.9 Å². The van der Waals surface area contributed by atoms with Gasteiger partial charge in [-0.25, -0.2) is 0 Å². The summed E-state index contributed by atoms with van der Waals surface area (Å²) in [6.07, 6.45) is 3.40. The second-order valence-corrected chi connectivity index (χ2v) is 5.81. The van der Waals surface area contributed by atoms with Crippen molar-refractivity contribution < 1.29 is 9.90 Å². The maximum atomic E-state index is 11.4. The number of rotatable bonds is 4. The first-order chi connectivity index (χ1) is 9.07. The average Bonchev–Trinajstić information content (AvgIpc) is 2.87. The number of hydrogen-bond donors (Lipinski definition) is 2. The quantitative estimate of drug-likeness (QED) is 0.891. The molecule has 4 nitrogen and oxygen atoms in total. The van der Waals surface area contributed by atoms with Gasteiger partial charge in [-0.1, -0.05) is 12.8 Å². The predicted molar refractivity (Wildman–Crippen MR) is 75.9 cm³/mol. The number of nitriles is 1. The van der Waals surface area contributed by atoms with Crippen molar-refractivity contribution in [1.29, 1.82) is 5.26 Å². The fourth-order valence-electron chi connectivity index (χ4n) is 2.51. The maximum absolute atomic E-state index is 11.4. The first-order valence-corrected chi connectivity index (χ1v) is 7.04. The van der Waals surface area contributed by atoms with Crippen molar-refractivity contribution in [2.45, 2.75) is 25.7 Å². The molecule has 5 heteroatoms. The van der Waals surface area contributed by atoms with Crippen molar-refractivity contribution in [1.82, 2.24) is 0 Å². The molecule has 0 unspecified atom stereocenters. The van der Waals surface area contributed by atoms with Crippen molar-refractivity contribution in [2.24, 2.45) is 5.41 Å². The van der Waals surface area contributed by atoms with E-state index >= 15 is 0 Å². The fourth-order valence-corrected chi connectivity index (χ4v) is 3.03. The Labute approximate surface area is 120 Å². The highest BCUT2D eigenvalue weighted by molar-refractivity contribution is 9.10. The highest BCUT2D eigenvalue weighted by Crippen LogP contribution is 2.39. The molecule has 1 aliphatic carbocycles. The lowest BCUT2D eigenvalue weighted by atomic mass is 9.86. The van der Waals surface area contributed by atoms with Gasteiger partial charge in [0.05, 0.1) is 17.0 Å². The summed E-state index contributed by atoms with van der Waals surface area (Å²) in [5.41, 5.74) is 0.755. The van der Waals surface area contributed by atoms with Crippen LogP contribution in [0.25, 0.3) is 0 Å². The summed E-state index contributed by atoms with van der Waals surface area (Å²) in [6.45, 7) is 0.423. The van der Waals surface area contributed by atoms with Crippen LogP contribution in [0, 0.1) is 16.7 Å². The second kappa shape index (κ2) is 5.62. The highest BCUT2D eigenvalue weighted by atomic mass is 79.9. The molecule has 2 rings (SSSR count). The van der Waals surface area contributed by atoms with Gasteiger partial charge in [-0.2, -0.15) is 5.26 Å². The predicted octanol–water partition coefficient (Wildman–Crippen LogP) is 3.38. The number of carboxylic acid groups (broad SMARTS) is 1. The molecule has 1 saturated carbocycles. The minimum Gasteiger partial charge on any atom is -0.481 e. The molecule has 100 valence electrons. The molecule has 1 aliphatic rings. The van der Waals surface area contributed by atoms with Gasteiger partial charge >= 0.3 is 5.97 Å². The van der Waals surface area contributed by atoms with Gasteiger partial charge in [0, 0.05) is 16.7 Å². The van der Waals surface area contributed by atoms with E-state index in [1.54, 1.807) is 18.2 Å². The van der Waals surface area contributed by atoms with Gasteiger partial charge in [-0.05, 0) is 47.0 Å². The van der Waals surface area contributed by atoms with E-state index in [0.717, 1.165) is 35.8 Å². The Morgan fingerprint density at radius 1 is 1.47 bits per heavy atom. The number of carbonyl (C=O) groups is 1. The van der Waals surface area contributed by atoms with Crippen LogP contribution in [0.3, 0.4) is 0 Å². The molecule has 1 aromatic carbocycles. The van der Waals surface area contributed by atoms with E-state index in [0.29, 0.717) is 12.1 Å². The molecule has 0 radical (unpaired) electrons. The zero-order valence-corrected chi connectivity index (χ0v) is 12.0. The van der Waals surface area contributed by atoms with Crippen molar-refractivity contribution >= 4 is 27.6 Å². The first-order valence-electron chi connectivity index (χ1n) is 6.24. The Morgan fingerprint density at radius 3 is 2.68 bits per heavy atom. The molecule has 0 spiro atoms. The molecule has 2 N–H and O–H groups in total. The Hall–Kier alpha value is -1.54. The molecule has 1 aromatic rings. The Kier molecular flexibility index (Phi) is 4.11. The van der Waals surface area contributed by atoms with E-state index in [1.165, 1.54) is 0 Å². The number of benzene rings is 1. The summed E-state index contributed by atoms with van der Waals surface area (Å²) in [7, 11) is 0. The monoisotopic (exact) mass is 322 g/mol. The minimum atomic E-state index is -0.720. The SMILES string of the molecule is N#Cc1ccc(NCC2(C(=O)O)CCCC2)c(Br)c1. The van der Waals surface area contributed by atoms with Crippen LogP contribution in [-0.4, -0.2) is 17.6 Å². The highest BCUT2D eigenvalue weighted by Gasteiger charge is 2.41. The molecule has 0 atom stereocenters. The number of hydrogen-bond acceptors (Lipinski definition) is 3. The summed E-state index contributed by atoms with van der Waals surface area (Å²) in [4.78, 5) is 11.4. The summed E-state index contributed by atoms with van der Waals surface area (Å²) >= 11 is 3.39. The third kappa shape index (κ3) is 2.90. The van der Waals surface area contributed by atoms with Crippen LogP contribution in [0.4, 0.5) is 5.69 Å². The van der Waals surface area contributed by atoms with Gasteiger partial charge in [0.25, 0.3) is 0 Å². The Morgan fingerprint density at radius 2 is 2.16 bits per heavy atom. The molecule has 0 bridgehead atoms. The first kappa shape index (κ1) is 13.9. The lowest BCUT2D eigenvalue weighted by molar-refractivity contribution is -0.147. The van der Waals surface area contributed by atoms with Crippen molar-refractivity contribution in [3.05, 3.63) is 28.2 Å². The number of nitrogens with one attached hydrogen (secondary N) is 1. The summed E-state index contributed by atoms with van der Waals surface area (Å²) in [6, 6.07) is 7.31. The number of carboxylic acids is 1. The van der Waals surface area contributed by atoms with Gasteiger partial charge < -0.3 is 10.4 Å². The van der Waals surface area contributed by atoms with E-state index in [2.05, 4.69) is 27.3 Å². The summed E-state index contributed by atoms with van der Waals surface area (Å²) < 4.78 is 0.782. The van der Waals surface area contributed by atoms with E-state index in [4.69, 9.17) is 5.26 Å². The normalized spacial score (nSPS) is 16.8. The Balaban J connectivity index is 2.10. The van der Waals surface area contributed by atoms with Gasteiger partial charge in [0.2, 0.25) is 0 Å². The van der Waals surface area contributed by atoms with E-state index in [9.17, 15) is 9.90 Å². The van der Waals surface area contributed by atoms with Crippen LogP contribution in [0.5, 0.6) is 0 Å². The van der Waals surface area contributed by atoms with Crippen LogP contribution < -0.4 is 5.32 Å².